The molecule has 1 aliphatic heterocycles. The van der Waals surface area contributed by atoms with Gasteiger partial charge in [0.25, 0.3) is 11.6 Å². The fraction of sp³-hybridized carbons (Fsp3) is 0.278. The normalized spacial score (nSPS) is 16.1. The zero-order valence-corrected chi connectivity index (χ0v) is 16.7. The number of carbonyl (C=O) groups excluding carboxylic acids is 1. The average Bonchev–Trinajstić information content (AvgIpc) is 3.12. The minimum Gasteiger partial charge on any atom is -0.338 e. The van der Waals surface area contributed by atoms with Crippen LogP contribution in [0.15, 0.2) is 52.3 Å². The maximum atomic E-state index is 13.0. The van der Waals surface area contributed by atoms with Crippen molar-refractivity contribution in [1.29, 1.82) is 0 Å². The smallest absolute Gasteiger partial charge is 0.270 e. The third kappa shape index (κ3) is 5.13. The third-order valence-electron chi connectivity index (χ3n) is 4.35. The minimum absolute atomic E-state index is 0. The van der Waals surface area contributed by atoms with Crippen LogP contribution in [-0.4, -0.2) is 35.4 Å². The summed E-state index contributed by atoms with van der Waals surface area (Å²) in [6, 6.07) is 11.6. The fourth-order valence-electron chi connectivity index (χ4n) is 2.90. The van der Waals surface area contributed by atoms with Crippen LogP contribution in [0.3, 0.4) is 0 Å². The number of carbonyl (C=O) groups is 1. The Labute approximate surface area is 172 Å². The van der Waals surface area contributed by atoms with Crippen molar-refractivity contribution in [2.24, 2.45) is 11.7 Å². The third-order valence-corrected chi connectivity index (χ3v) is 5.69. The molecule has 0 spiro atoms. The first-order valence-electron chi connectivity index (χ1n) is 8.19. The molecule has 1 unspecified atom stereocenters. The summed E-state index contributed by atoms with van der Waals surface area (Å²) in [5.74, 6) is 0.0890. The molecule has 144 valence electrons. The predicted molar refractivity (Wildman–Crippen MR) is 109 cm³/mol. The van der Waals surface area contributed by atoms with Crippen molar-refractivity contribution in [3.05, 3.63) is 63.2 Å². The molecule has 2 aromatic rings. The Morgan fingerprint density at radius 2 is 2.00 bits per heavy atom. The van der Waals surface area contributed by atoms with Crippen LogP contribution in [0.25, 0.3) is 0 Å². The van der Waals surface area contributed by atoms with E-state index in [2.05, 4.69) is 0 Å². The first-order chi connectivity index (χ1) is 12.5. The molecule has 6 nitrogen and oxygen atoms in total. The van der Waals surface area contributed by atoms with Gasteiger partial charge in [0, 0.05) is 40.0 Å². The number of non-ortho nitro benzene ring substituents is 1. The highest BCUT2D eigenvalue weighted by Crippen LogP contribution is 2.34. The van der Waals surface area contributed by atoms with Crippen LogP contribution in [0.4, 0.5) is 5.69 Å². The standard InChI is InChI=1S/C18H18ClN3O3S.ClH/c19-13-1-4-15(5-2-13)26-17-6-3-14(22(24)25)9-16(17)18(23)21-8-7-12(10-20)11-21;/h1-6,9,12H,7-8,10-11,20H2;1H. The summed E-state index contributed by atoms with van der Waals surface area (Å²) >= 11 is 7.29. The summed E-state index contributed by atoms with van der Waals surface area (Å²) in [7, 11) is 0. The Hall–Kier alpha value is -1.80. The van der Waals surface area contributed by atoms with Crippen LogP contribution in [0, 0.1) is 16.0 Å². The number of nitrogens with two attached hydrogens (primary N) is 1. The van der Waals surface area contributed by atoms with E-state index in [0.29, 0.717) is 35.1 Å². The molecular formula is C18H19Cl2N3O3S. The Balaban J connectivity index is 0.00000261. The van der Waals surface area contributed by atoms with Gasteiger partial charge in [0.2, 0.25) is 0 Å². The summed E-state index contributed by atoms with van der Waals surface area (Å²) in [4.78, 5) is 26.9. The number of benzene rings is 2. The van der Waals surface area contributed by atoms with Crippen molar-refractivity contribution in [3.63, 3.8) is 0 Å². The van der Waals surface area contributed by atoms with E-state index < -0.39 is 4.92 Å². The first kappa shape index (κ1) is 21.5. The minimum atomic E-state index is -0.486. The number of nitro benzene ring substituents is 1. The zero-order valence-electron chi connectivity index (χ0n) is 14.3. The molecule has 0 aliphatic carbocycles. The van der Waals surface area contributed by atoms with Crippen LogP contribution in [0.5, 0.6) is 0 Å². The van der Waals surface area contributed by atoms with Gasteiger partial charge in [-0.25, -0.2) is 0 Å². The van der Waals surface area contributed by atoms with E-state index in [1.807, 2.05) is 12.1 Å². The molecule has 3 rings (SSSR count). The number of amides is 1. The number of nitro groups is 1. The van der Waals surface area contributed by atoms with Gasteiger partial charge in [0.15, 0.2) is 0 Å². The van der Waals surface area contributed by atoms with Crippen molar-refractivity contribution < 1.29 is 9.72 Å². The van der Waals surface area contributed by atoms with Crippen molar-refractivity contribution in [3.8, 4) is 0 Å². The molecule has 0 saturated carbocycles. The van der Waals surface area contributed by atoms with Gasteiger partial charge in [0.1, 0.15) is 0 Å². The molecule has 0 radical (unpaired) electrons. The Morgan fingerprint density at radius 3 is 2.59 bits per heavy atom. The number of nitrogens with zero attached hydrogens (tertiary/aromatic N) is 2. The number of hydrogen-bond donors (Lipinski definition) is 1. The Kier molecular flexibility index (Phi) is 7.49. The number of likely N-dealkylation sites (tertiary alicyclic amines) is 1. The van der Waals surface area contributed by atoms with E-state index >= 15 is 0 Å². The van der Waals surface area contributed by atoms with Crippen molar-refractivity contribution in [1.82, 2.24) is 4.90 Å². The lowest BCUT2D eigenvalue weighted by atomic mass is 10.1. The molecule has 0 bridgehead atoms. The highest BCUT2D eigenvalue weighted by molar-refractivity contribution is 7.99. The lowest BCUT2D eigenvalue weighted by molar-refractivity contribution is -0.384. The first-order valence-corrected chi connectivity index (χ1v) is 9.38. The summed E-state index contributed by atoms with van der Waals surface area (Å²) in [5.41, 5.74) is 5.95. The SMILES string of the molecule is Cl.NCC1CCN(C(=O)c2cc([N+](=O)[O-])ccc2Sc2ccc(Cl)cc2)C1. The second-order valence-electron chi connectivity index (χ2n) is 6.14. The van der Waals surface area contributed by atoms with Crippen molar-refractivity contribution >= 4 is 47.4 Å². The average molecular weight is 428 g/mol. The molecule has 1 atom stereocenters. The molecule has 1 aliphatic rings. The second kappa shape index (κ2) is 9.41. The molecule has 1 saturated heterocycles. The van der Waals surface area contributed by atoms with Crippen LogP contribution in [0.1, 0.15) is 16.8 Å². The topological polar surface area (TPSA) is 89.5 Å². The number of rotatable bonds is 5. The molecule has 2 aromatic carbocycles. The van der Waals surface area contributed by atoms with Gasteiger partial charge in [-0.1, -0.05) is 23.4 Å². The van der Waals surface area contributed by atoms with Gasteiger partial charge in [-0.15, -0.1) is 12.4 Å². The lowest BCUT2D eigenvalue weighted by Gasteiger charge is -2.18. The largest absolute Gasteiger partial charge is 0.338 e. The maximum absolute atomic E-state index is 13.0. The summed E-state index contributed by atoms with van der Waals surface area (Å²) in [6.07, 6.45) is 0.858. The maximum Gasteiger partial charge on any atom is 0.270 e. The van der Waals surface area contributed by atoms with Crippen LogP contribution in [-0.2, 0) is 0 Å². The summed E-state index contributed by atoms with van der Waals surface area (Å²) in [6.45, 7) is 1.74. The molecule has 27 heavy (non-hydrogen) atoms. The van der Waals surface area contributed by atoms with E-state index in [-0.39, 0.29) is 29.9 Å². The van der Waals surface area contributed by atoms with Crippen molar-refractivity contribution in [2.75, 3.05) is 19.6 Å². The number of halogens is 2. The Morgan fingerprint density at radius 1 is 1.30 bits per heavy atom. The highest BCUT2D eigenvalue weighted by Gasteiger charge is 2.28. The molecule has 1 fully saturated rings. The Bertz CT molecular complexity index is 833. The van der Waals surface area contributed by atoms with Gasteiger partial charge < -0.3 is 10.6 Å². The molecule has 0 aromatic heterocycles. The van der Waals surface area contributed by atoms with Crippen molar-refractivity contribution in [2.45, 2.75) is 16.2 Å². The highest BCUT2D eigenvalue weighted by atomic mass is 35.5. The summed E-state index contributed by atoms with van der Waals surface area (Å²) in [5, 5.41) is 11.8. The quantitative estimate of drug-likeness (QED) is 0.568. The monoisotopic (exact) mass is 427 g/mol. The van der Waals surface area contributed by atoms with E-state index in [4.69, 9.17) is 17.3 Å². The van der Waals surface area contributed by atoms with Gasteiger partial charge in [-0.05, 0) is 49.2 Å². The molecule has 1 heterocycles. The number of hydrogen-bond acceptors (Lipinski definition) is 5. The van der Waals surface area contributed by atoms with E-state index in [9.17, 15) is 14.9 Å². The van der Waals surface area contributed by atoms with Gasteiger partial charge in [-0.2, -0.15) is 0 Å². The molecule has 1 amide bonds. The van der Waals surface area contributed by atoms with Crippen LogP contribution < -0.4 is 5.73 Å². The van der Waals surface area contributed by atoms with Gasteiger partial charge in [-0.3, -0.25) is 14.9 Å². The van der Waals surface area contributed by atoms with Crippen LogP contribution >= 0.6 is 35.8 Å². The van der Waals surface area contributed by atoms with E-state index in [1.165, 1.54) is 23.9 Å². The predicted octanol–water partition coefficient (Wildman–Crippen LogP) is 4.24. The molecular weight excluding hydrogens is 409 g/mol. The molecule has 9 heteroatoms. The van der Waals surface area contributed by atoms with Crippen LogP contribution in [0.2, 0.25) is 5.02 Å². The fourth-order valence-corrected chi connectivity index (χ4v) is 3.94. The van der Waals surface area contributed by atoms with E-state index in [0.717, 1.165) is 11.3 Å². The van der Waals surface area contributed by atoms with Gasteiger partial charge >= 0.3 is 0 Å². The zero-order chi connectivity index (χ0) is 18.7. The summed E-state index contributed by atoms with van der Waals surface area (Å²) < 4.78 is 0. The van der Waals surface area contributed by atoms with E-state index in [1.54, 1.807) is 23.1 Å². The van der Waals surface area contributed by atoms with Gasteiger partial charge in [0.05, 0.1) is 10.5 Å². The second-order valence-corrected chi connectivity index (χ2v) is 7.69. The lowest BCUT2D eigenvalue weighted by Crippen LogP contribution is -2.30. The molecule has 2 N–H and O–H groups in total.